The van der Waals surface area contributed by atoms with Crippen LogP contribution in [0.25, 0.3) is 10.9 Å². The van der Waals surface area contributed by atoms with Crippen molar-refractivity contribution in [3.63, 3.8) is 0 Å². The Labute approximate surface area is 175 Å². The predicted octanol–water partition coefficient (Wildman–Crippen LogP) is 3.55. The molecule has 2 atom stereocenters. The fourth-order valence-corrected chi connectivity index (χ4v) is 4.17. The van der Waals surface area contributed by atoms with Gasteiger partial charge in [-0.1, -0.05) is 35.9 Å². The lowest BCUT2D eigenvalue weighted by molar-refractivity contribution is -0.121. The van der Waals surface area contributed by atoms with Gasteiger partial charge in [-0.2, -0.15) is 0 Å². The molecule has 0 bridgehead atoms. The molecular formula is C22H25ClN4O2. The number of para-hydroxylation sites is 1. The van der Waals surface area contributed by atoms with Crippen molar-refractivity contribution >= 4 is 28.4 Å². The second-order valence-corrected chi connectivity index (χ2v) is 7.61. The number of methoxy groups -OCH3 is 1. The topological polar surface area (TPSA) is 67.3 Å². The number of nitrogens with one attached hydrogen (secondary N) is 3. The summed E-state index contributed by atoms with van der Waals surface area (Å²) < 4.78 is 7.47. The molecule has 0 radical (unpaired) electrons. The van der Waals surface area contributed by atoms with Gasteiger partial charge in [0.15, 0.2) is 0 Å². The minimum Gasteiger partial charge on any atom is -0.497 e. The van der Waals surface area contributed by atoms with Crippen LogP contribution in [0.5, 0.6) is 5.75 Å². The second kappa shape index (κ2) is 8.45. The summed E-state index contributed by atoms with van der Waals surface area (Å²) in [6, 6.07) is 16.1. The number of benzene rings is 2. The second-order valence-electron chi connectivity index (χ2n) is 7.20. The summed E-state index contributed by atoms with van der Waals surface area (Å²) in [7, 11) is 1.59. The molecule has 2 heterocycles. The maximum absolute atomic E-state index is 12.5. The van der Waals surface area contributed by atoms with E-state index in [-0.39, 0.29) is 24.5 Å². The number of hydrazine groups is 1. The zero-order chi connectivity index (χ0) is 20.4. The van der Waals surface area contributed by atoms with Crippen LogP contribution in [-0.2, 0) is 17.8 Å². The molecule has 1 aliphatic heterocycles. The average Bonchev–Trinajstić information content (AvgIpc) is 3.33. The van der Waals surface area contributed by atoms with Crippen LogP contribution in [0, 0.1) is 0 Å². The molecule has 0 aliphatic carbocycles. The van der Waals surface area contributed by atoms with E-state index in [1.807, 2.05) is 12.1 Å². The molecule has 3 aromatic rings. The van der Waals surface area contributed by atoms with Gasteiger partial charge in [-0.05, 0) is 42.1 Å². The summed E-state index contributed by atoms with van der Waals surface area (Å²) in [5.41, 5.74) is 9.75. The number of amides is 1. The van der Waals surface area contributed by atoms with Crippen molar-refractivity contribution in [1.82, 2.24) is 20.7 Å². The maximum Gasteiger partial charge on any atom is 0.225 e. The van der Waals surface area contributed by atoms with E-state index in [0.29, 0.717) is 10.8 Å². The number of halogens is 1. The Hall–Kier alpha value is -2.54. The van der Waals surface area contributed by atoms with Crippen LogP contribution in [0.4, 0.5) is 0 Å². The Morgan fingerprint density at radius 2 is 2.07 bits per heavy atom. The number of carbonyl (C=O) groups excluding carboxylic acids is 1. The van der Waals surface area contributed by atoms with Gasteiger partial charge < -0.3 is 14.6 Å². The molecule has 1 aliphatic rings. The number of aryl methyl sites for hydroxylation is 1. The van der Waals surface area contributed by atoms with Crippen LogP contribution < -0.4 is 20.9 Å². The summed E-state index contributed by atoms with van der Waals surface area (Å²) in [5, 5.41) is 4.80. The molecule has 1 amide bonds. The van der Waals surface area contributed by atoms with Crippen LogP contribution in [0.15, 0.2) is 48.5 Å². The van der Waals surface area contributed by atoms with Crippen LogP contribution in [0.1, 0.15) is 30.6 Å². The predicted molar refractivity (Wildman–Crippen MR) is 115 cm³/mol. The normalized spacial score (nSPS) is 18.9. The third-order valence-corrected chi connectivity index (χ3v) is 5.72. The number of carbonyl (C=O) groups is 1. The number of ether oxygens (including phenoxy) is 1. The highest BCUT2D eigenvalue weighted by Gasteiger charge is 2.28. The van der Waals surface area contributed by atoms with E-state index in [9.17, 15) is 4.79 Å². The average molecular weight is 413 g/mol. The number of fused-ring (bicyclic) bond motifs is 1. The van der Waals surface area contributed by atoms with Crippen LogP contribution >= 0.6 is 11.6 Å². The highest BCUT2D eigenvalue weighted by atomic mass is 35.5. The molecule has 7 heteroatoms. The standard InChI is InChI=1S/C22H25ClN4O2/c1-3-27-19-7-5-4-6-15(19)10-20(27)18-13-21(26-25-18)24-22(28)11-14-8-9-16(29-2)12-17(14)23/h4-10,12,18,21,25-26H,3,11,13H2,1-2H3,(H,24,28). The Balaban J connectivity index is 1.41. The number of hydrogen-bond acceptors (Lipinski definition) is 4. The first kappa shape index (κ1) is 19.8. The Kier molecular flexibility index (Phi) is 5.76. The Bertz CT molecular complexity index is 1030. The van der Waals surface area contributed by atoms with Crippen molar-refractivity contribution in [3.8, 4) is 5.75 Å². The van der Waals surface area contributed by atoms with Gasteiger partial charge in [-0.25, -0.2) is 10.9 Å². The van der Waals surface area contributed by atoms with Gasteiger partial charge in [0, 0.05) is 29.2 Å². The quantitative estimate of drug-likeness (QED) is 0.579. The van der Waals surface area contributed by atoms with Gasteiger partial charge in [0.1, 0.15) is 5.75 Å². The molecule has 1 fully saturated rings. The zero-order valence-electron chi connectivity index (χ0n) is 16.5. The third kappa shape index (κ3) is 4.10. The summed E-state index contributed by atoms with van der Waals surface area (Å²) in [6.07, 6.45) is 0.840. The van der Waals surface area contributed by atoms with Crippen molar-refractivity contribution in [2.75, 3.05) is 7.11 Å². The first-order chi connectivity index (χ1) is 14.1. The van der Waals surface area contributed by atoms with Gasteiger partial charge in [-0.3, -0.25) is 4.79 Å². The van der Waals surface area contributed by atoms with Crippen LogP contribution in [0.2, 0.25) is 5.02 Å². The van der Waals surface area contributed by atoms with Crippen LogP contribution in [0.3, 0.4) is 0 Å². The number of rotatable bonds is 6. The lowest BCUT2D eigenvalue weighted by Crippen LogP contribution is -2.44. The molecular weight excluding hydrogens is 388 g/mol. The molecule has 1 aromatic heterocycles. The maximum atomic E-state index is 12.5. The van der Waals surface area contributed by atoms with Crippen molar-refractivity contribution in [1.29, 1.82) is 0 Å². The fraction of sp³-hybridized carbons (Fsp3) is 0.318. The Morgan fingerprint density at radius 1 is 1.24 bits per heavy atom. The molecule has 29 heavy (non-hydrogen) atoms. The van der Waals surface area contributed by atoms with E-state index < -0.39 is 0 Å². The first-order valence-corrected chi connectivity index (χ1v) is 10.2. The monoisotopic (exact) mass is 412 g/mol. The fourth-order valence-electron chi connectivity index (χ4n) is 3.93. The number of aromatic nitrogens is 1. The van der Waals surface area contributed by atoms with Gasteiger partial charge in [0.05, 0.1) is 25.7 Å². The highest BCUT2D eigenvalue weighted by molar-refractivity contribution is 6.31. The van der Waals surface area contributed by atoms with E-state index in [1.165, 1.54) is 16.6 Å². The molecule has 152 valence electrons. The highest BCUT2D eigenvalue weighted by Crippen LogP contribution is 2.28. The third-order valence-electron chi connectivity index (χ3n) is 5.37. The van der Waals surface area contributed by atoms with E-state index in [0.717, 1.165) is 18.5 Å². The molecule has 2 unspecified atom stereocenters. The van der Waals surface area contributed by atoms with Crippen molar-refractivity contribution < 1.29 is 9.53 Å². The first-order valence-electron chi connectivity index (χ1n) is 9.80. The van der Waals surface area contributed by atoms with Crippen molar-refractivity contribution in [2.45, 2.75) is 38.5 Å². The number of hydrogen-bond donors (Lipinski definition) is 3. The molecule has 3 N–H and O–H groups in total. The van der Waals surface area contributed by atoms with Gasteiger partial charge in [-0.15, -0.1) is 0 Å². The lowest BCUT2D eigenvalue weighted by atomic mass is 10.1. The lowest BCUT2D eigenvalue weighted by Gasteiger charge is -2.14. The Morgan fingerprint density at radius 3 is 2.83 bits per heavy atom. The van der Waals surface area contributed by atoms with Crippen molar-refractivity contribution in [2.24, 2.45) is 0 Å². The zero-order valence-corrected chi connectivity index (χ0v) is 17.3. The molecule has 4 rings (SSSR count). The van der Waals surface area contributed by atoms with E-state index >= 15 is 0 Å². The summed E-state index contributed by atoms with van der Waals surface area (Å²) in [5.74, 6) is 0.600. The van der Waals surface area contributed by atoms with Gasteiger partial charge in [0.25, 0.3) is 0 Å². The van der Waals surface area contributed by atoms with E-state index in [2.05, 4.69) is 58.0 Å². The molecule has 2 aromatic carbocycles. The summed E-state index contributed by atoms with van der Waals surface area (Å²) >= 11 is 6.25. The molecule has 0 saturated carbocycles. The minimum atomic E-state index is -0.146. The minimum absolute atomic E-state index is 0.0759. The SMILES string of the molecule is CCn1c(C2CC(NC(=O)Cc3ccc(OC)cc3Cl)NN2)cc2ccccc21. The molecule has 0 spiro atoms. The van der Waals surface area contributed by atoms with E-state index in [4.69, 9.17) is 16.3 Å². The number of nitrogens with zero attached hydrogens (tertiary/aromatic N) is 1. The van der Waals surface area contributed by atoms with Gasteiger partial charge in [0.2, 0.25) is 5.91 Å². The molecule has 6 nitrogen and oxygen atoms in total. The smallest absolute Gasteiger partial charge is 0.225 e. The summed E-state index contributed by atoms with van der Waals surface area (Å²) in [6.45, 7) is 3.05. The van der Waals surface area contributed by atoms with Crippen LogP contribution in [-0.4, -0.2) is 23.7 Å². The van der Waals surface area contributed by atoms with Gasteiger partial charge >= 0.3 is 0 Å². The largest absolute Gasteiger partial charge is 0.497 e. The molecule has 1 saturated heterocycles. The summed E-state index contributed by atoms with van der Waals surface area (Å²) in [4.78, 5) is 12.5. The van der Waals surface area contributed by atoms with Crippen molar-refractivity contribution in [3.05, 3.63) is 64.8 Å². The van der Waals surface area contributed by atoms with E-state index in [1.54, 1.807) is 13.2 Å².